The first-order chi connectivity index (χ1) is 14.5. The van der Waals surface area contributed by atoms with Crippen molar-refractivity contribution in [2.75, 3.05) is 27.9 Å². The summed E-state index contributed by atoms with van der Waals surface area (Å²) in [7, 11) is 4.58. The fourth-order valence-electron chi connectivity index (χ4n) is 3.01. The van der Waals surface area contributed by atoms with Crippen LogP contribution in [0.5, 0.6) is 17.2 Å². The maximum atomic E-state index is 12.3. The van der Waals surface area contributed by atoms with E-state index in [-0.39, 0.29) is 13.2 Å². The van der Waals surface area contributed by atoms with E-state index in [4.69, 9.17) is 18.9 Å². The third kappa shape index (κ3) is 4.81. The van der Waals surface area contributed by atoms with Gasteiger partial charge in [-0.3, -0.25) is 4.79 Å². The quantitative estimate of drug-likeness (QED) is 0.575. The molecule has 156 valence electrons. The van der Waals surface area contributed by atoms with E-state index in [1.807, 2.05) is 30.3 Å². The zero-order chi connectivity index (χ0) is 21.5. The minimum atomic E-state index is -0.556. The van der Waals surface area contributed by atoms with Crippen LogP contribution in [0.2, 0.25) is 0 Å². The van der Waals surface area contributed by atoms with Crippen LogP contribution in [0.15, 0.2) is 54.6 Å². The van der Waals surface area contributed by atoms with Gasteiger partial charge in [0.1, 0.15) is 5.75 Å². The minimum Gasteiger partial charge on any atom is -0.496 e. The van der Waals surface area contributed by atoms with Crippen LogP contribution in [0.1, 0.15) is 15.9 Å². The van der Waals surface area contributed by atoms with Gasteiger partial charge in [0.2, 0.25) is 0 Å². The zero-order valence-corrected chi connectivity index (χ0v) is 17.1. The van der Waals surface area contributed by atoms with Gasteiger partial charge < -0.3 is 24.3 Å². The first-order valence-electron chi connectivity index (χ1n) is 9.27. The van der Waals surface area contributed by atoms with Crippen LogP contribution in [0.4, 0.5) is 0 Å². The average molecular weight is 409 g/mol. The second-order valence-electron chi connectivity index (χ2n) is 6.43. The lowest BCUT2D eigenvalue weighted by atomic mass is 10.1. The van der Waals surface area contributed by atoms with Crippen molar-refractivity contribution >= 4 is 22.6 Å². The summed E-state index contributed by atoms with van der Waals surface area (Å²) in [4.78, 5) is 24.4. The summed E-state index contributed by atoms with van der Waals surface area (Å²) in [6.07, 6.45) is 0. The first-order valence-corrected chi connectivity index (χ1v) is 9.27. The number of carbonyl (C=O) groups excluding carboxylic acids is 2. The lowest BCUT2D eigenvalue weighted by Crippen LogP contribution is -2.28. The summed E-state index contributed by atoms with van der Waals surface area (Å²) in [6, 6.07) is 16.4. The number of carbonyl (C=O) groups is 2. The van der Waals surface area contributed by atoms with Gasteiger partial charge in [0.25, 0.3) is 5.91 Å². The van der Waals surface area contributed by atoms with E-state index in [1.165, 1.54) is 21.3 Å². The van der Waals surface area contributed by atoms with E-state index in [1.54, 1.807) is 24.3 Å². The molecule has 0 saturated heterocycles. The van der Waals surface area contributed by atoms with E-state index < -0.39 is 11.9 Å². The maximum Gasteiger partial charge on any atom is 0.338 e. The van der Waals surface area contributed by atoms with Crippen molar-refractivity contribution < 1.29 is 28.5 Å². The molecular weight excluding hydrogens is 386 g/mol. The number of nitrogens with one attached hydrogen (secondary N) is 1. The Hall–Kier alpha value is -3.74. The molecular formula is C23H23NO6. The van der Waals surface area contributed by atoms with Gasteiger partial charge in [-0.1, -0.05) is 30.3 Å². The summed E-state index contributed by atoms with van der Waals surface area (Å²) in [6.45, 7) is -0.211. The van der Waals surface area contributed by atoms with E-state index in [0.29, 0.717) is 28.4 Å². The summed E-state index contributed by atoms with van der Waals surface area (Å²) in [5, 5.41) is 4.66. The molecule has 0 heterocycles. The number of fused-ring (bicyclic) bond motifs is 1. The summed E-state index contributed by atoms with van der Waals surface area (Å²) >= 11 is 0. The number of hydrogen-bond donors (Lipinski definition) is 1. The van der Waals surface area contributed by atoms with E-state index >= 15 is 0 Å². The van der Waals surface area contributed by atoms with E-state index in [2.05, 4.69) is 5.32 Å². The number of methoxy groups -OCH3 is 3. The van der Waals surface area contributed by atoms with Crippen molar-refractivity contribution in [2.24, 2.45) is 0 Å². The van der Waals surface area contributed by atoms with Crippen LogP contribution >= 0.6 is 0 Å². The topological polar surface area (TPSA) is 83.1 Å². The molecule has 3 aromatic carbocycles. The Morgan fingerprint density at radius 3 is 2.17 bits per heavy atom. The van der Waals surface area contributed by atoms with Gasteiger partial charge in [0, 0.05) is 18.2 Å². The molecule has 0 bridgehead atoms. The van der Waals surface area contributed by atoms with Crippen LogP contribution in [0, 0.1) is 0 Å². The Labute approximate surface area is 174 Å². The molecule has 30 heavy (non-hydrogen) atoms. The van der Waals surface area contributed by atoms with Gasteiger partial charge in [-0.25, -0.2) is 4.79 Å². The molecule has 1 amide bonds. The van der Waals surface area contributed by atoms with Crippen molar-refractivity contribution in [2.45, 2.75) is 6.54 Å². The smallest absolute Gasteiger partial charge is 0.338 e. The van der Waals surface area contributed by atoms with Gasteiger partial charge in [-0.2, -0.15) is 0 Å². The van der Waals surface area contributed by atoms with Crippen molar-refractivity contribution in [3.05, 3.63) is 65.7 Å². The van der Waals surface area contributed by atoms with Gasteiger partial charge in [0.15, 0.2) is 18.1 Å². The molecule has 0 unspecified atom stereocenters. The fraction of sp³-hybridized carbons (Fsp3) is 0.217. The molecule has 0 fully saturated rings. The van der Waals surface area contributed by atoms with Crippen LogP contribution < -0.4 is 19.5 Å². The minimum absolute atomic E-state index is 0.176. The Morgan fingerprint density at radius 2 is 1.47 bits per heavy atom. The highest BCUT2D eigenvalue weighted by Gasteiger charge is 2.14. The zero-order valence-electron chi connectivity index (χ0n) is 17.1. The largest absolute Gasteiger partial charge is 0.496 e. The predicted molar refractivity (Wildman–Crippen MR) is 112 cm³/mol. The fourth-order valence-corrected chi connectivity index (χ4v) is 3.01. The predicted octanol–water partition coefficient (Wildman–Crippen LogP) is 3.34. The third-order valence-corrected chi connectivity index (χ3v) is 4.58. The molecule has 7 heteroatoms. The molecule has 0 saturated carbocycles. The van der Waals surface area contributed by atoms with Gasteiger partial charge in [-0.05, 0) is 29.0 Å². The van der Waals surface area contributed by atoms with Crippen LogP contribution in [-0.4, -0.2) is 39.8 Å². The lowest BCUT2D eigenvalue weighted by molar-refractivity contribution is -0.124. The third-order valence-electron chi connectivity index (χ3n) is 4.58. The number of rotatable bonds is 8. The standard InChI is InChI=1S/C23H23NO6/c1-27-19-12-21(29-3)20(28-2)11-18(19)13-24-22(25)14-30-23(26)17-9-8-15-6-4-5-7-16(15)10-17/h4-12H,13-14H2,1-3H3,(H,24,25). The van der Waals surface area contributed by atoms with Gasteiger partial charge >= 0.3 is 5.97 Å². The lowest BCUT2D eigenvalue weighted by Gasteiger charge is -2.14. The van der Waals surface area contributed by atoms with Crippen molar-refractivity contribution in [1.29, 1.82) is 0 Å². The van der Waals surface area contributed by atoms with E-state index in [0.717, 1.165) is 10.8 Å². The molecule has 1 N–H and O–H groups in total. The molecule has 0 aromatic heterocycles. The monoisotopic (exact) mass is 409 g/mol. The highest BCUT2D eigenvalue weighted by molar-refractivity contribution is 5.96. The molecule has 3 aromatic rings. The van der Waals surface area contributed by atoms with Crippen molar-refractivity contribution in [3.8, 4) is 17.2 Å². The summed E-state index contributed by atoms with van der Waals surface area (Å²) < 4.78 is 21.0. The molecule has 0 aliphatic rings. The molecule has 0 atom stereocenters. The van der Waals surface area contributed by atoms with E-state index in [9.17, 15) is 9.59 Å². The summed E-state index contributed by atoms with van der Waals surface area (Å²) in [5.74, 6) is 0.598. The van der Waals surface area contributed by atoms with Crippen LogP contribution in [0.3, 0.4) is 0 Å². The van der Waals surface area contributed by atoms with Crippen molar-refractivity contribution in [1.82, 2.24) is 5.32 Å². The normalized spacial score (nSPS) is 10.4. The highest BCUT2D eigenvalue weighted by atomic mass is 16.5. The molecule has 3 rings (SSSR count). The second kappa shape index (κ2) is 9.65. The highest BCUT2D eigenvalue weighted by Crippen LogP contribution is 2.34. The Balaban J connectivity index is 1.58. The number of hydrogen-bond acceptors (Lipinski definition) is 6. The van der Waals surface area contributed by atoms with Crippen molar-refractivity contribution in [3.63, 3.8) is 0 Å². The number of benzene rings is 3. The number of ether oxygens (including phenoxy) is 4. The molecule has 7 nitrogen and oxygen atoms in total. The summed E-state index contributed by atoms with van der Waals surface area (Å²) in [5.41, 5.74) is 1.09. The molecule has 0 aliphatic carbocycles. The first kappa shape index (κ1) is 21.0. The Morgan fingerprint density at radius 1 is 0.800 bits per heavy atom. The molecule has 0 radical (unpaired) electrons. The second-order valence-corrected chi connectivity index (χ2v) is 6.43. The van der Waals surface area contributed by atoms with Gasteiger partial charge in [-0.15, -0.1) is 0 Å². The number of amides is 1. The van der Waals surface area contributed by atoms with Crippen LogP contribution in [-0.2, 0) is 16.1 Å². The SMILES string of the molecule is COc1cc(OC)c(OC)cc1CNC(=O)COC(=O)c1ccc2ccccc2c1. The maximum absolute atomic E-state index is 12.3. The Kier molecular flexibility index (Phi) is 6.75. The van der Waals surface area contributed by atoms with Crippen LogP contribution in [0.25, 0.3) is 10.8 Å². The average Bonchev–Trinajstić information content (AvgIpc) is 2.80. The molecule has 0 aliphatic heterocycles. The number of esters is 1. The van der Waals surface area contributed by atoms with Gasteiger partial charge in [0.05, 0.1) is 26.9 Å². The Bertz CT molecular complexity index is 1060. The molecule has 0 spiro atoms.